The van der Waals surface area contributed by atoms with Gasteiger partial charge in [0.2, 0.25) is 11.8 Å². The maximum atomic E-state index is 13.1. The number of carbonyl (C=O) groups is 2. The lowest BCUT2D eigenvalue weighted by molar-refractivity contribution is -0.138. The average Bonchev–Trinajstić information content (AvgIpc) is 3.26. The number of benzene rings is 2. The molecule has 166 valence electrons. The summed E-state index contributed by atoms with van der Waals surface area (Å²) in [6.07, 6.45) is 4.30. The van der Waals surface area contributed by atoms with Crippen molar-refractivity contribution < 1.29 is 9.59 Å². The molecule has 1 atom stereocenters. The summed E-state index contributed by atoms with van der Waals surface area (Å²) in [6.45, 7) is 2.14. The van der Waals surface area contributed by atoms with E-state index >= 15 is 0 Å². The van der Waals surface area contributed by atoms with Crippen molar-refractivity contribution in [2.75, 3.05) is 5.75 Å². The number of halogens is 2. The van der Waals surface area contributed by atoms with Gasteiger partial charge in [-0.3, -0.25) is 9.59 Å². The minimum atomic E-state index is -0.562. The van der Waals surface area contributed by atoms with Crippen molar-refractivity contribution in [2.24, 2.45) is 0 Å². The van der Waals surface area contributed by atoms with Crippen molar-refractivity contribution in [1.29, 1.82) is 0 Å². The number of hydrogen-bond donors (Lipinski definition) is 1. The van der Waals surface area contributed by atoms with Crippen LogP contribution in [-0.4, -0.2) is 34.6 Å². The van der Waals surface area contributed by atoms with Crippen LogP contribution >= 0.6 is 35.0 Å². The molecule has 1 N–H and O–H groups in total. The molecule has 0 spiro atoms. The van der Waals surface area contributed by atoms with Crippen LogP contribution in [0.3, 0.4) is 0 Å². The number of amides is 2. The first-order chi connectivity index (χ1) is 14.9. The summed E-state index contributed by atoms with van der Waals surface area (Å²) in [5.41, 5.74) is 1.90. The van der Waals surface area contributed by atoms with Crippen molar-refractivity contribution in [2.45, 2.75) is 57.0 Å². The zero-order chi connectivity index (χ0) is 22.2. The van der Waals surface area contributed by atoms with Gasteiger partial charge in [-0.1, -0.05) is 66.4 Å². The lowest BCUT2D eigenvalue weighted by atomic mass is 10.1. The van der Waals surface area contributed by atoms with Crippen LogP contribution < -0.4 is 5.32 Å². The molecule has 0 aliphatic heterocycles. The number of nitrogens with zero attached hydrogens (tertiary/aromatic N) is 1. The summed E-state index contributed by atoms with van der Waals surface area (Å²) in [5, 5.41) is 4.43. The van der Waals surface area contributed by atoms with Gasteiger partial charge in [0.05, 0.1) is 5.75 Å². The first-order valence-corrected chi connectivity index (χ1v) is 12.5. The molecule has 2 aromatic carbocycles. The van der Waals surface area contributed by atoms with E-state index in [1.807, 2.05) is 42.5 Å². The second-order valence-corrected chi connectivity index (χ2v) is 9.73. The van der Waals surface area contributed by atoms with Crippen molar-refractivity contribution >= 4 is 46.8 Å². The molecule has 31 heavy (non-hydrogen) atoms. The highest BCUT2D eigenvalue weighted by molar-refractivity contribution is 7.99. The Morgan fingerprint density at radius 2 is 1.87 bits per heavy atom. The van der Waals surface area contributed by atoms with Gasteiger partial charge in [-0.2, -0.15) is 0 Å². The van der Waals surface area contributed by atoms with Crippen LogP contribution in [0.1, 0.15) is 43.7 Å². The summed E-state index contributed by atoms with van der Waals surface area (Å²) in [4.78, 5) is 27.7. The molecule has 1 fully saturated rings. The predicted octanol–water partition coefficient (Wildman–Crippen LogP) is 5.70. The van der Waals surface area contributed by atoms with E-state index in [0.29, 0.717) is 22.3 Å². The SMILES string of the molecule is CC(C(=O)NC1CCCC1)N(Cc1cccc(Cl)c1)C(=O)CSCc1ccccc1Cl. The van der Waals surface area contributed by atoms with Gasteiger partial charge in [-0.25, -0.2) is 0 Å². The number of rotatable bonds is 9. The van der Waals surface area contributed by atoms with Crippen LogP contribution in [0, 0.1) is 0 Å². The Kier molecular flexibility index (Phi) is 9.12. The molecule has 7 heteroatoms. The van der Waals surface area contributed by atoms with Gasteiger partial charge in [-0.05, 0) is 49.1 Å². The van der Waals surface area contributed by atoms with Crippen LogP contribution in [0.5, 0.6) is 0 Å². The topological polar surface area (TPSA) is 49.4 Å². The molecule has 2 amide bonds. The molecule has 4 nitrogen and oxygen atoms in total. The highest BCUT2D eigenvalue weighted by Crippen LogP contribution is 2.23. The second-order valence-electron chi connectivity index (χ2n) is 7.90. The summed E-state index contributed by atoms with van der Waals surface area (Å²) in [6, 6.07) is 14.7. The molecule has 1 unspecified atom stereocenters. The number of nitrogens with one attached hydrogen (secondary N) is 1. The molecule has 1 aliphatic carbocycles. The zero-order valence-corrected chi connectivity index (χ0v) is 20.0. The second kappa shape index (κ2) is 11.8. The van der Waals surface area contributed by atoms with Gasteiger partial charge in [0.1, 0.15) is 6.04 Å². The molecule has 0 aromatic heterocycles. The Bertz CT molecular complexity index is 903. The normalized spacial score (nSPS) is 14.9. The number of carbonyl (C=O) groups excluding carboxylic acids is 2. The number of hydrogen-bond acceptors (Lipinski definition) is 3. The minimum Gasteiger partial charge on any atom is -0.352 e. The Labute approximate surface area is 198 Å². The van der Waals surface area contributed by atoms with Gasteiger partial charge >= 0.3 is 0 Å². The van der Waals surface area contributed by atoms with E-state index in [2.05, 4.69) is 5.32 Å². The third-order valence-corrected chi connectivity index (χ3v) is 7.12. The summed E-state index contributed by atoms with van der Waals surface area (Å²) >= 11 is 13.9. The third kappa shape index (κ3) is 7.16. The van der Waals surface area contributed by atoms with Crippen molar-refractivity contribution in [1.82, 2.24) is 10.2 Å². The molecule has 3 rings (SSSR count). The minimum absolute atomic E-state index is 0.0777. The van der Waals surface area contributed by atoms with Gasteiger partial charge < -0.3 is 10.2 Å². The first-order valence-electron chi connectivity index (χ1n) is 10.6. The van der Waals surface area contributed by atoms with E-state index in [4.69, 9.17) is 23.2 Å². The monoisotopic (exact) mass is 478 g/mol. The fourth-order valence-electron chi connectivity index (χ4n) is 3.75. The summed E-state index contributed by atoms with van der Waals surface area (Å²) in [5.74, 6) is 0.732. The molecular weight excluding hydrogens is 451 g/mol. The highest BCUT2D eigenvalue weighted by atomic mass is 35.5. The lowest BCUT2D eigenvalue weighted by Crippen LogP contribution is -2.50. The van der Waals surface area contributed by atoms with Crippen LogP contribution in [0.2, 0.25) is 10.0 Å². The van der Waals surface area contributed by atoms with E-state index in [0.717, 1.165) is 36.8 Å². The van der Waals surface area contributed by atoms with Crippen molar-refractivity contribution in [3.63, 3.8) is 0 Å². The Morgan fingerprint density at radius 1 is 1.13 bits per heavy atom. The lowest BCUT2D eigenvalue weighted by Gasteiger charge is -2.29. The molecule has 0 heterocycles. The Balaban J connectivity index is 1.66. The fraction of sp³-hybridized carbons (Fsp3) is 0.417. The Hall–Kier alpha value is -1.69. The molecule has 1 aliphatic rings. The summed E-state index contributed by atoms with van der Waals surface area (Å²) in [7, 11) is 0. The van der Waals surface area contributed by atoms with E-state index < -0.39 is 6.04 Å². The van der Waals surface area contributed by atoms with Crippen LogP contribution in [0.15, 0.2) is 48.5 Å². The standard InChI is InChI=1S/C24H28Cl2N2O2S/c1-17(24(30)27-21-10-3-4-11-21)28(14-18-7-6-9-20(25)13-18)23(29)16-31-15-19-8-2-5-12-22(19)26/h2,5-9,12-13,17,21H,3-4,10-11,14-16H2,1H3,(H,27,30). The van der Waals surface area contributed by atoms with Crippen molar-refractivity contribution in [3.8, 4) is 0 Å². The maximum absolute atomic E-state index is 13.1. The molecule has 2 aromatic rings. The zero-order valence-electron chi connectivity index (χ0n) is 17.7. The smallest absolute Gasteiger partial charge is 0.242 e. The van der Waals surface area contributed by atoms with Crippen LogP contribution in [-0.2, 0) is 21.9 Å². The molecule has 1 saturated carbocycles. The quantitative estimate of drug-likeness (QED) is 0.502. The maximum Gasteiger partial charge on any atom is 0.242 e. The van der Waals surface area contributed by atoms with Crippen molar-refractivity contribution in [3.05, 3.63) is 69.7 Å². The molecule has 0 radical (unpaired) electrons. The van der Waals surface area contributed by atoms with Gasteiger partial charge in [0.15, 0.2) is 0 Å². The highest BCUT2D eigenvalue weighted by Gasteiger charge is 2.28. The van der Waals surface area contributed by atoms with Crippen LogP contribution in [0.4, 0.5) is 0 Å². The van der Waals surface area contributed by atoms with E-state index in [9.17, 15) is 9.59 Å². The van der Waals surface area contributed by atoms with E-state index in [1.165, 1.54) is 11.8 Å². The fourth-order valence-corrected chi connectivity index (χ4v) is 5.16. The van der Waals surface area contributed by atoms with Gasteiger partial charge in [-0.15, -0.1) is 11.8 Å². The molecular formula is C24H28Cl2N2O2S. The van der Waals surface area contributed by atoms with E-state index in [-0.39, 0.29) is 23.6 Å². The van der Waals surface area contributed by atoms with Crippen LogP contribution in [0.25, 0.3) is 0 Å². The largest absolute Gasteiger partial charge is 0.352 e. The Morgan fingerprint density at radius 3 is 2.58 bits per heavy atom. The predicted molar refractivity (Wildman–Crippen MR) is 129 cm³/mol. The molecule has 0 saturated heterocycles. The first kappa shape index (κ1) is 24.0. The summed E-state index contributed by atoms with van der Waals surface area (Å²) < 4.78 is 0. The average molecular weight is 479 g/mol. The van der Waals surface area contributed by atoms with Gasteiger partial charge in [0.25, 0.3) is 0 Å². The number of thioether (sulfide) groups is 1. The molecule has 0 bridgehead atoms. The van der Waals surface area contributed by atoms with E-state index in [1.54, 1.807) is 17.9 Å². The van der Waals surface area contributed by atoms with Gasteiger partial charge in [0, 0.05) is 28.4 Å². The third-order valence-electron chi connectivity index (χ3n) is 5.55.